The minimum Gasteiger partial charge on any atom is -0.498 e. The molecule has 0 atom stereocenters. The second-order valence-electron chi connectivity index (χ2n) is 6.80. The molecule has 3 rings (SSSR count). The van der Waals surface area contributed by atoms with Crippen LogP contribution in [0, 0.1) is 5.41 Å². The maximum Gasteiger partial charge on any atom is 0.303 e. The Hall–Kier alpha value is -3.61. The van der Waals surface area contributed by atoms with Crippen LogP contribution in [0.15, 0.2) is 54.3 Å². The second-order valence-corrected chi connectivity index (χ2v) is 6.80. The molecule has 2 aromatic rings. The topological polar surface area (TPSA) is 117 Å². The number of nitrogens with one attached hydrogen (secondary N) is 1. The van der Waals surface area contributed by atoms with Crippen molar-refractivity contribution in [1.29, 1.82) is 5.41 Å². The van der Waals surface area contributed by atoms with E-state index in [2.05, 4.69) is 0 Å². The van der Waals surface area contributed by atoms with Crippen LogP contribution in [-0.2, 0) is 20.7 Å². The summed E-state index contributed by atoms with van der Waals surface area (Å²) in [5, 5.41) is 16.2. The van der Waals surface area contributed by atoms with E-state index in [1.54, 1.807) is 36.3 Å². The molecular weight excluding hydrogens is 370 g/mol. The molecule has 150 valence electrons. The molecule has 2 aromatic carbocycles. The van der Waals surface area contributed by atoms with Gasteiger partial charge in [-0.1, -0.05) is 24.3 Å². The third-order valence-corrected chi connectivity index (χ3v) is 4.87. The first-order valence-electron chi connectivity index (χ1n) is 9.25. The van der Waals surface area contributed by atoms with Crippen LogP contribution >= 0.6 is 0 Å². The number of amidine groups is 1. The van der Waals surface area contributed by atoms with Crippen molar-refractivity contribution < 1.29 is 19.4 Å². The Labute approximate surface area is 168 Å². The monoisotopic (exact) mass is 393 g/mol. The molecule has 0 bridgehead atoms. The highest BCUT2D eigenvalue weighted by Gasteiger charge is 2.33. The van der Waals surface area contributed by atoms with Crippen molar-refractivity contribution in [2.45, 2.75) is 19.3 Å². The van der Waals surface area contributed by atoms with Crippen molar-refractivity contribution in [2.24, 2.45) is 5.73 Å². The zero-order chi connectivity index (χ0) is 21.0. The lowest BCUT2D eigenvalue weighted by Gasteiger charge is -2.17. The van der Waals surface area contributed by atoms with Crippen molar-refractivity contribution in [1.82, 2.24) is 0 Å². The number of amides is 1. The lowest BCUT2D eigenvalue weighted by molar-refractivity contribution is -0.137. The Morgan fingerprint density at radius 2 is 1.83 bits per heavy atom. The minimum absolute atomic E-state index is 0.0239. The predicted octanol–water partition coefficient (Wildman–Crippen LogP) is 2.78. The highest BCUT2D eigenvalue weighted by atomic mass is 16.5. The summed E-state index contributed by atoms with van der Waals surface area (Å²) >= 11 is 0. The molecule has 7 nitrogen and oxygen atoms in total. The van der Waals surface area contributed by atoms with Crippen LogP contribution in [-0.4, -0.2) is 36.5 Å². The fourth-order valence-electron chi connectivity index (χ4n) is 3.31. The number of carbonyl (C=O) groups is 2. The molecular formula is C22H23N3O4. The fraction of sp³-hybridized carbons (Fsp3) is 0.227. The van der Waals surface area contributed by atoms with Gasteiger partial charge >= 0.3 is 5.97 Å². The number of carboxylic acid groups (broad SMARTS) is 1. The van der Waals surface area contributed by atoms with Gasteiger partial charge in [0, 0.05) is 17.7 Å². The number of hydrogen-bond acceptors (Lipinski definition) is 4. The quantitative estimate of drug-likeness (QED) is 0.471. The lowest BCUT2D eigenvalue weighted by atomic mass is 10.0. The second kappa shape index (κ2) is 8.60. The maximum atomic E-state index is 13.1. The zero-order valence-electron chi connectivity index (χ0n) is 16.1. The number of rotatable bonds is 8. The van der Waals surface area contributed by atoms with Crippen molar-refractivity contribution in [3.05, 3.63) is 71.0 Å². The summed E-state index contributed by atoms with van der Waals surface area (Å²) in [5.74, 6) is -0.394. The van der Waals surface area contributed by atoms with Gasteiger partial charge in [0.1, 0.15) is 11.6 Å². The van der Waals surface area contributed by atoms with Gasteiger partial charge in [-0.05, 0) is 48.2 Å². The number of nitrogen functional groups attached to an aromatic ring is 1. The number of aliphatic carboxylic acids is 1. The number of methoxy groups -OCH3 is 1. The van der Waals surface area contributed by atoms with Crippen LogP contribution in [0.1, 0.15) is 29.5 Å². The average molecular weight is 393 g/mol. The van der Waals surface area contributed by atoms with Gasteiger partial charge in [0.05, 0.1) is 19.2 Å². The SMILES string of the molecule is COC1=C(c2ccc(CCCC(=O)O)cc2)C(=O)N(c2ccc(C(=N)N)cc2)C1. The molecule has 29 heavy (non-hydrogen) atoms. The summed E-state index contributed by atoms with van der Waals surface area (Å²) in [6.07, 6.45) is 1.38. The third-order valence-electron chi connectivity index (χ3n) is 4.87. The molecule has 0 aromatic heterocycles. The Morgan fingerprint density at radius 3 is 2.38 bits per heavy atom. The lowest BCUT2D eigenvalue weighted by Crippen LogP contribution is -2.26. The summed E-state index contributed by atoms with van der Waals surface area (Å²) in [5.41, 5.74) is 9.09. The van der Waals surface area contributed by atoms with Crippen molar-refractivity contribution >= 4 is 29.0 Å². The number of aryl methyl sites for hydroxylation is 1. The van der Waals surface area contributed by atoms with E-state index in [4.69, 9.17) is 21.0 Å². The molecule has 7 heteroatoms. The van der Waals surface area contributed by atoms with Crippen LogP contribution < -0.4 is 10.6 Å². The molecule has 1 amide bonds. The first kappa shape index (κ1) is 20.1. The number of carbonyl (C=O) groups excluding carboxylic acids is 1. The smallest absolute Gasteiger partial charge is 0.303 e. The summed E-state index contributed by atoms with van der Waals surface area (Å²) < 4.78 is 5.48. The summed E-state index contributed by atoms with van der Waals surface area (Å²) in [7, 11) is 1.55. The highest BCUT2D eigenvalue weighted by Crippen LogP contribution is 2.32. The van der Waals surface area contributed by atoms with Gasteiger partial charge in [-0.15, -0.1) is 0 Å². The van der Waals surface area contributed by atoms with E-state index < -0.39 is 5.97 Å². The summed E-state index contributed by atoms with van der Waals surface area (Å²) in [6.45, 7) is 0.324. The number of benzene rings is 2. The van der Waals surface area contributed by atoms with E-state index in [1.807, 2.05) is 24.3 Å². The minimum atomic E-state index is -0.801. The van der Waals surface area contributed by atoms with Crippen LogP contribution in [0.5, 0.6) is 0 Å². The molecule has 0 saturated carbocycles. The third kappa shape index (κ3) is 4.45. The van der Waals surface area contributed by atoms with Crippen LogP contribution in [0.25, 0.3) is 5.57 Å². The number of nitrogens with two attached hydrogens (primary N) is 1. The molecule has 1 heterocycles. The molecule has 0 aliphatic carbocycles. The van der Waals surface area contributed by atoms with Gasteiger partial charge in [0.2, 0.25) is 0 Å². The van der Waals surface area contributed by atoms with Crippen molar-refractivity contribution in [3.8, 4) is 0 Å². The number of ether oxygens (including phenoxy) is 1. The van der Waals surface area contributed by atoms with E-state index in [1.165, 1.54) is 0 Å². The molecule has 0 radical (unpaired) electrons. The average Bonchev–Trinajstić information content (AvgIpc) is 3.04. The van der Waals surface area contributed by atoms with E-state index in [0.717, 1.165) is 11.1 Å². The van der Waals surface area contributed by atoms with Gasteiger partial charge in [0.15, 0.2) is 0 Å². The summed E-state index contributed by atoms with van der Waals surface area (Å²) in [4.78, 5) is 25.3. The highest BCUT2D eigenvalue weighted by molar-refractivity contribution is 6.29. The van der Waals surface area contributed by atoms with Crippen LogP contribution in [0.3, 0.4) is 0 Å². The molecule has 1 aliphatic heterocycles. The molecule has 0 spiro atoms. The zero-order valence-corrected chi connectivity index (χ0v) is 16.1. The van der Waals surface area contributed by atoms with Crippen molar-refractivity contribution in [3.63, 3.8) is 0 Å². The van der Waals surface area contributed by atoms with E-state index in [-0.39, 0.29) is 18.2 Å². The molecule has 0 saturated heterocycles. The Bertz CT molecular complexity index is 963. The van der Waals surface area contributed by atoms with E-state index >= 15 is 0 Å². The van der Waals surface area contributed by atoms with Gasteiger partial charge < -0.3 is 20.5 Å². The first-order valence-corrected chi connectivity index (χ1v) is 9.25. The Balaban J connectivity index is 1.78. The Morgan fingerprint density at radius 1 is 1.17 bits per heavy atom. The number of anilines is 1. The maximum absolute atomic E-state index is 13.1. The first-order chi connectivity index (χ1) is 13.9. The fourth-order valence-corrected chi connectivity index (χ4v) is 3.31. The normalized spacial score (nSPS) is 13.7. The largest absolute Gasteiger partial charge is 0.498 e. The molecule has 0 fully saturated rings. The van der Waals surface area contributed by atoms with Crippen molar-refractivity contribution in [2.75, 3.05) is 18.6 Å². The molecule has 1 aliphatic rings. The van der Waals surface area contributed by atoms with Gasteiger partial charge in [-0.2, -0.15) is 0 Å². The predicted molar refractivity (Wildman–Crippen MR) is 111 cm³/mol. The van der Waals surface area contributed by atoms with E-state index in [0.29, 0.717) is 42.0 Å². The number of carboxylic acids is 1. The molecule has 4 N–H and O–H groups in total. The van der Waals surface area contributed by atoms with E-state index in [9.17, 15) is 9.59 Å². The van der Waals surface area contributed by atoms with Crippen LogP contribution in [0.4, 0.5) is 5.69 Å². The Kier molecular flexibility index (Phi) is 5.97. The van der Waals surface area contributed by atoms with Gasteiger partial charge in [-0.3, -0.25) is 15.0 Å². The van der Waals surface area contributed by atoms with Gasteiger partial charge in [-0.25, -0.2) is 0 Å². The number of hydrogen-bond donors (Lipinski definition) is 3. The summed E-state index contributed by atoms with van der Waals surface area (Å²) in [6, 6.07) is 14.5. The standard InChI is InChI=1S/C22H23N3O4/c1-29-18-13-25(17-11-9-16(10-12-17)21(23)24)22(28)20(18)15-7-5-14(6-8-15)3-2-4-19(26)27/h5-12H,2-4,13H2,1H3,(H3,23,24)(H,26,27). The number of nitrogens with zero attached hydrogens (tertiary/aromatic N) is 1. The van der Waals surface area contributed by atoms with Gasteiger partial charge in [0.25, 0.3) is 5.91 Å². The van der Waals surface area contributed by atoms with Crippen LogP contribution in [0.2, 0.25) is 0 Å². The molecule has 0 unspecified atom stereocenters.